The predicted molar refractivity (Wildman–Crippen MR) is 119 cm³/mol. The van der Waals surface area contributed by atoms with Crippen molar-refractivity contribution in [2.24, 2.45) is 5.41 Å². The number of hydrogen-bond acceptors (Lipinski definition) is 8. The number of rotatable bonds is 7. The molecule has 168 valence electrons. The van der Waals surface area contributed by atoms with Gasteiger partial charge in [-0.05, 0) is 33.1 Å². The molecule has 0 spiro atoms. The molecule has 0 bridgehead atoms. The van der Waals surface area contributed by atoms with E-state index in [4.69, 9.17) is 9.72 Å². The Balaban J connectivity index is 1.38. The van der Waals surface area contributed by atoms with Crippen molar-refractivity contribution < 1.29 is 9.53 Å². The fraction of sp³-hybridized carbons (Fsp3) is 0.545. The van der Waals surface area contributed by atoms with Crippen LogP contribution in [0.4, 0.5) is 5.82 Å². The Labute approximate surface area is 186 Å². The van der Waals surface area contributed by atoms with Gasteiger partial charge >= 0.3 is 0 Å². The maximum atomic E-state index is 13.0. The number of fused-ring (bicyclic) bond motifs is 1. The number of anilines is 1. The number of hydrogen-bond donors (Lipinski definition) is 1. The SMILES string of the molecule is CCn1c(-c2cnc(C)nc2)nc2c(N[C@H]3CCN(C(=O)C4(COC)CC4)C3)ncnc21. The Morgan fingerprint density at radius 1 is 1.25 bits per heavy atom. The van der Waals surface area contributed by atoms with Gasteiger partial charge in [0.2, 0.25) is 5.91 Å². The second-order valence-electron chi connectivity index (χ2n) is 8.69. The third-order valence-electron chi connectivity index (χ3n) is 6.43. The van der Waals surface area contributed by atoms with Crippen molar-refractivity contribution in [3.05, 3.63) is 24.5 Å². The molecular weight excluding hydrogens is 408 g/mol. The molecule has 2 fully saturated rings. The lowest BCUT2D eigenvalue weighted by molar-refractivity contribution is -0.137. The highest BCUT2D eigenvalue weighted by Crippen LogP contribution is 2.47. The van der Waals surface area contributed by atoms with Crippen LogP contribution in [0.5, 0.6) is 0 Å². The summed E-state index contributed by atoms with van der Waals surface area (Å²) in [5, 5.41) is 3.51. The fourth-order valence-corrected chi connectivity index (χ4v) is 4.51. The summed E-state index contributed by atoms with van der Waals surface area (Å²) in [6.07, 6.45) is 7.83. The molecule has 1 saturated carbocycles. The van der Waals surface area contributed by atoms with Crippen LogP contribution < -0.4 is 5.32 Å². The molecule has 1 aliphatic heterocycles. The normalized spacial score (nSPS) is 19.5. The van der Waals surface area contributed by atoms with Crippen LogP contribution in [0.25, 0.3) is 22.6 Å². The lowest BCUT2D eigenvalue weighted by Gasteiger charge is -2.23. The van der Waals surface area contributed by atoms with E-state index in [0.717, 1.165) is 42.8 Å². The number of methoxy groups -OCH3 is 1. The van der Waals surface area contributed by atoms with Crippen LogP contribution in [-0.2, 0) is 16.1 Å². The molecule has 3 aromatic heterocycles. The lowest BCUT2D eigenvalue weighted by Crippen LogP contribution is -2.39. The molecule has 10 nitrogen and oxygen atoms in total. The van der Waals surface area contributed by atoms with Crippen molar-refractivity contribution in [3.8, 4) is 11.4 Å². The Kier molecular flexibility index (Phi) is 5.24. The highest BCUT2D eigenvalue weighted by molar-refractivity contribution is 5.87. The predicted octanol–water partition coefficient (Wildman–Crippen LogP) is 2.05. The third kappa shape index (κ3) is 3.58. The first-order chi connectivity index (χ1) is 15.5. The number of aromatic nitrogens is 6. The van der Waals surface area contributed by atoms with Crippen molar-refractivity contribution in [1.29, 1.82) is 0 Å². The van der Waals surface area contributed by atoms with Gasteiger partial charge in [0.25, 0.3) is 0 Å². The zero-order chi connectivity index (χ0) is 22.3. The number of nitrogens with zero attached hydrogens (tertiary/aromatic N) is 7. The van der Waals surface area contributed by atoms with E-state index in [1.54, 1.807) is 25.8 Å². The topological polar surface area (TPSA) is 111 Å². The van der Waals surface area contributed by atoms with E-state index in [1.807, 2.05) is 16.4 Å². The van der Waals surface area contributed by atoms with Gasteiger partial charge in [0.15, 0.2) is 17.0 Å². The number of amides is 1. The summed E-state index contributed by atoms with van der Waals surface area (Å²) in [4.78, 5) is 37.3. The Morgan fingerprint density at radius 3 is 2.72 bits per heavy atom. The van der Waals surface area contributed by atoms with E-state index < -0.39 is 0 Å². The van der Waals surface area contributed by atoms with Gasteiger partial charge in [-0.3, -0.25) is 4.79 Å². The lowest BCUT2D eigenvalue weighted by atomic mass is 10.1. The van der Waals surface area contributed by atoms with Crippen molar-refractivity contribution in [1.82, 2.24) is 34.4 Å². The minimum Gasteiger partial charge on any atom is -0.384 e. The summed E-state index contributed by atoms with van der Waals surface area (Å²) in [7, 11) is 1.66. The number of ether oxygens (including phenoxy) is 1. The van der Waals surface area contributed by atoms with Crippen molar-refractivity contribution in [2.75, 3.05) is 32.1 Å². The molecule has 32 heavy (non-hydrogen) atoms. The molecule has 1 N–H and O–H groups in total. The summed E-state index contributed by atoms with van der Waals surface area (Å²) in [5.41, 5.74) is 2.03. The second-order valence-corrected chi connectivity index (χ2v) is 8.69. The molecular formula is C22H28N8O2. The van der Waals surface area contributed by atoms with Crippen molar-refractivity contribution >= 4 is 22.9 Å². The highest BCUT2D eigenvalue weighted by Gasteiger charge is 2.52. The quantitative estimate of drug-likeness (QED) is 0.599. The first-order valence-corrected chi connectivity index (χ1v) is 11.1. The van der Waals surface area contributed by atoms with Gasteiger partial charge in [-0.25, -0.2) is 24.9 Å². The molecule has 1 saturated heterocycles. The summed E-state index contributed by atoms with van der Waals surface area (Å²) < 4.78 is 7.33. The van der Waals surface area contributed by atoms with Crippen LogP contribution in [0.1, 0.15) is 32.0 Å². The summed E-state index contributed by atoms with van der Waals surface area (Å²) in [5.74, 6) is 2.39. The second kappa shape index (κ2) is 8.09. The van der Waals surface area contributed by atoms with Crippen LogP contribution in [0, 0.1) is 12.3 Å². The van der Waals surface area contributed by atoms with Crippen LogP contribution in [-0.4, -0.2) is 73.1 Å². The first kappa shape index (κ1) is 20.7. The van der Waals surface area contributed by atoms with Crippen LogP contribution in [0.2, 0.25) is 0 Å². The molecule has 0 aromatic carbocycles. The van der Waals surface area contributed by atoms with Crippen LogP contribution in [0.15, 0.2) is 18.7 Å². The molecule has 0 radical (unpaired) electrons. The molecule has 5 rings (SSSR count). The summed E-state index contributed by atoms with van der Waals surface area (Å²) in [6.45, 7) is 6.53. The third-order valence-corrected chi connectivity index (χ3v) is 6.43. The van der Waals surface area contributed by atoms with Gasteiger partial charge in [0.05, 0.1) is 17.6 Å². The van der Waals surface area contributed by atoms with E-state index in [1.165, 1.54) is 0 Å². The molecule has 1 amide bonds. The molecule has 4 heterocycles. The number of likely N-dealkylation sites (tertiary alicyclic amines) is 1. The van der Waals surface area contributed by atoms with Crippen LogP contribution in [0.3, 0.4) is 0 Å². The van der Waals surface area contributed by atoms with Gasteiger partial charge < -0.3 is 19.5 Å². The van der Waals surface area contributed by atoms with E-state index in [-0.39, 0.29) is 17.4 Å². The van der Waals surface area contributed by atoms with Gasteiger partial charge in [-0.2, -0.15) is 0 Å². The average molecular weight is 437 g/mol. The number of nitrogens with one attached hydrogen (secondary N) is 1. The molecule has 1 aliphatic carbocycles. The van der Waals surface area contributed by atoms with Crippen LogP contribution >= 0.6 is 0 Å². The van der Waals surface area contributed by atoms with Crippen molar-refractivity contribution in [3.63, 3.8) is 0 Å². The van der Waals surface area contributed by atoms with Gasteiger partial charge in [0.1, 0.15) is 18.0 Å². The van der Waals surface area contributed by atoms with E-state index in [2.05, 4.69) is 32.2 Å². The molecule has 10 heteroatoms. The first-order valence-electron chi connectivity index (χ1n) is 11.1. The Hall–Kier alpha value is -3.14. The van der Waals surface area contributed by atoms with Gasteiger partial charge in [-0.15, -0.1) is 0 Å². The maximum Gasteiger partial charge on any atom is 0.231 e. The average Bonchev–Trinajstić information content (AvgIpc) is 3.27. The Bertz CT molecular complexity index is 1140. The standard InChI is InChI=1S/C22H28N8O2/c1-4-30-19(15-9-23-14(2)24-10-15)28-17-18(25-13-26-20(17)30)27-16-5-8-29(11-16)21(31)22(6-7-22)12-32-3/h9-10,13,16H,4-8,11-12H2,1-3H3,(H,25,26,27)/t16-/m0/s1. The Morgan fingerprint density at radius 2 is 2.03 bits per heavy atom. The summed E-state index contributed by atoms with van der Waals surface area (Å²) in [6, 6.07) is 0.119. The number of carbonyl (C=O) groups excluding carboxylic acids is 1. The molecule has 3 aromatic rings. The minimum atomic E-state index is -0.295. The number of imidazole rings is 1. The smallest absolute Gasteiger partial charge is 0.231 e. The fourth-order valence-electron chi connectivity index (χ4n) is 4.51. The van der Waals surface area contributed by atoms with Crippen molar-refractivity contribution in [2.45, 2.75) is 45.7 Å². The van der Waals surface area contributed by atoms with Gasteiger partial charge in [0, 0.05) is 45.2 Å². The zero-order valence-electron chi connectivity index (χ0n) is 18.7. The van der Waals surface area contributed by atoms with E-state index in [9.17, 15) is 4.79 Å². The maximum absolute atomic E-state index is 13.0. The highest BCUT2D eigenvalue weighted by atomic mass is 16.5. The molecule has 1 atom stereocenters. The van der Waals surface area contributed by atoms with E-state index in [0.29, 0.717) is 36.9 Å². The monoisotopic (exact) mass is 436 g/mol. The van der Waals surface area contributed by atoms with E-state index >= 15 is 0 Å². The number of carbonyl (C=O) groups is 1. The molecule has 2 aliphatic rings. The number of aryl methyl sites for hydroxylation is 2. The molecule has 0 unspecified atom stereocenters. The zero-order valence-corrected chi connectivity index (χ0v) is 18.7. The van der Waals surface area contributed by atoms with Gasteiger partial charge in [-0.1, -0.05) is 0 Å². The largest absolute Gasteiger partial charge is 0.384 e. The minimum absolute atomic E-state index is 0.119. The summed E-state index contributed by atoms with van der Waals surface area (Å²) >= 11 is 0.